The second-order valence-electron chi connectivity index (χ2n) is 5.59. The molecule has 1 aromatic carbocycles. The highest BCUT2D eigenvalue weighted by Crippen LogP contribution is 2.22. The first-order valence-electron chi connectivity index (χ1n) is 7.29. The van der Waals surface area contributed by atoms with E-state index in [1.54, 1.807) is 29.2 Å². The van der Waals surface area contributed by atoms with Crippen molar-refractivity contribution in [3.05, 3.63) is 41.5 Å². The number of nitrogens with zero attached hydrogens (tertiary/aromatic N) is 2. The first-order chi connectivity index (χ1) is 10.5. The molecule has 2 amide bonds. The van der Waals surface area contributed by atoms with Crippen molar-refractivity contribution >= 4 is 17.9 Å². The highest BCUT2D eigenvalue weighted by atomic mass is 16.2. The van der Waals surface area contributed by atoms with Gasteiger partial charge in [-0.05, 0) is 43.5 Å². The fraction of sp³-hybridized carbons (Fsp3) is 0.353. The third-order valence-electron chi connectivity index (χ3n) is 4.00. The van der Waals surface area contributed by atoms with Crippen molar-refractivity contribution in [2.45, 2.75) is 25.8 Å². The molecule has 1 aromatic rings. The number of benzene rings is 1. The summed E-state index contributed by atoms with van der Waals surface area (Å²) in [6, 6.07) is 9.19. The standard InChI is InChI=1S/C17H19N3O2/c1-12-5-7-15(17(19)22)11-20(12)16(21)8-6-13-3-2-4-14(9-13)10-18/h2-4,6,8-9,12,15H,5,7,11H2,1H3,(H2,19,22)/b8-6+/t12-,15-/m1/s1. The van der Waals surface area contributed by atoms with Crippen molar-refractivity contribution in [2.24, 2.45) is 11.7 Å². The second-order valence-corrected chi connectivity index (χ2v) is 5.59. The Bertz CT molecular complexity index is 646. The van der Waals surface area contributed by atoms with Crippen LogP contribution in [-0.4, -0.2) is 29.3 Å². The summed E-state index contributed by atoms with van der Waals surface area (Å²) < 4.78 is 0. The Labute approximate surface area is 130 Å². The van der Waals surface area contributed by atoms with Gasteiger partial charge in [0.05, 0.1) is 17.6 Å². The van der Waals surface area contributed by atoms with Crippen LogP contribution in [0.2, 0.25) is 0 Å². The van der Waals surface area contributed by atoms with E-state index in [2.05, 4.69) is 6.07 Å². The van der Waals surface area contributed by atoms with Crippen LogP contribution in [0.1, 0.15) is 30.9 Å². The van der Waals surface area contributed by atoms with Gasteiger partial charge in [-0.15, -0.1) is 0 Å². The van der Waals surface area contributed by atoms with E-state index in [0.29, 0.717) is 12.1 Å². The number of carbonyl (C=O) groups is 2. The number of hydrogen-bond acceptors (Lipinski definition) is 3. The number of hydrogen-bond donors (Lipinski definition) is 1. The molecule has 1 aliphatic rings. The monoisotopic (exact) mass is 297 g/mol. The van der Waals surface area contributed by atoms with Gasteiger partial charge in [0.1, 0.15) is 0 Å². The Morgan fingerprint density at radius 1 is 1.41 bits per heavy atom. The molecule has 1 saturated heterocycles. The van der Waals surface area contributed by atoms with Crippen LogP contribution in [0.3, 0.4) is 0 Å². The van der Waals surface area contributed by atoms with Crippen molar-refractivity contribution in [3.8, 4) is 6.07 Å². The topological polar surface area (TPSA) is 87.2 Å². The predicted molar refractivity (Wildman–Crippen MR) is 83.3 cm³/mol. The third kappa shape index (κ3) is 3.73. The smallest absolute Gasteiger partial charge is 0.246 e. The van der Waals surface area contributed by atoms with Crippen LogP contribution < -0.4 is 5.73 Å². The first kappa shape index (κ1) is 15.8. The Balaban J connectivity index is 2.08. The molecule has 114 valence electrons. The minimum atomic E-state index is -0.351. The quantitative estimate of drug-likeness (QED) is 0.861. The van der Waals surface area contributed by atoms with Crippen LogP contribution in [-0.2, 0) is 9.59 Å². The number of nitrogens with two attached hydrogens (primary N) is 1. The Morgan fingerprint density at radius 2 is 2.18 bits per heavy atom. The van der Waals surface area contributed by atoms with E-state index in [-0.39, 0.29) is 23.8 Å². The number of nitriles is 1. The SMILES string of the molecule is C[C@@H]1CC[C@@H](C(N)=O)CN1C(=O)/C=C/c1cccc(C#N)c1. The second kappa shape index (κ2) is 6.90. The van der Waals surface area contributed by atoms with Gasteiger partial charge < -0.3 is 10.6 Å². The zero-order valence-electron chi connectivity index (χ0n) is 12.5. The number of likely N-dealkylation sites (tertiary alicyclic amines) is 1. The van der Waals surface area contributed by atoms with E-state index in [1.165, 1.54) is 6.08 Å². The van der Waals surface area contributed by atoms with E-state index >= 15 is 0 Å². The van der Waals surface area contributed by atoms with Crippen LogP contribution in [0.5, 0.6) is 0 Å². The van der Waals surface area contributed by atoms with Crippen molar-refractivity contribution in [1.82, 2.24) is 4.90 Å². The van der Waals surface area contributed by atoms with Gasteiger partial charge in [0.15, 0.2) is 0 Å². The molecule has 1 fully saturated rings. The highest BCUT2D eigenvalue weighted by molar-refractivity contribution is 5.92. The summed E-state index contributed by atoms with van der Waals surface area (Å²) in [6.07, 6.45) is 4.67. The average Bonchev–Trinajstić information content (AvgIpc) is 2.53. The summed E-state index contributed by atoms with van der Waals surface area (Å²) in [6.45, 7) is 2.34. The number of carbonyl (C=O) groups excluding carboxylic acids is 2. The van der Waals surface area contributed by atoms with Crippen LogP contribution >= 0.6 is 0 Å². The molecule has 0 bridgehead atoms. The van der Waals surface area contributed by atoms with Gasteiger partial charge in [-0.1, -0.05) is 12.1 Å². The Hall–Kier alpha value is -2.61. The third-order valence-corrected chi connectivity index (χ3v) is 4.00. The molecule has 2 rings (SSSR count). The molecule has 2 atom stereocenters. The Morgan fingerprint density at radius 3 is 2.86 bits per heavy atom. The molecule has 2 N–H and O–H groups in total. The van der Waals surface area contributed by atoms with E-state index < -0.39 is 0 Å². The number of piperidine rings is 1. The summed E-state index contributed by atoms with van der Waals surface area (Å²) >= 11 is 0. The normalized spacial score (nSPS) is 21.5. The van der Waals surface area contributed by atoms with Crippen LogP contribution in [0.4, 0.5) is 0 Å². The maximum absolute atomic E-state index is 12.3. The molecule has 1 aliphatic heterocycles. The van der Waals surface area contributed by atoms with Crippen LogP contribution in [0.15, 0.2) is 30.3 Å². The van der Waals surface area contributed by atoms with Gasteiger partial charge in [0.2, 0.25) is 11.8 Å². The molecule has 1 heterocycles. The average molecular weight is 297 g/mol. The van der Waals surface area contributed by atoms with Crippen molar-refractivity contribution in [1.29, 1.82) is 5.26 Å². The minimum Gasteiger partial charge on any atom is -0.369 e. The number of rotatable bonds is 3. The number of amides is 2. The van der Waals surface area contributed by atoms with Gasteiger partial charge in [0.25, 0.3) is 0 Å². The fourth-order valence-corrected chi connectivity index (χ4v) is 2.62. The summed E-state index contributed by atoms with van der Waals surface area (Å²) in [5, 5.41) is 8.87. The lowest BCUT2D eigenvalue weighted by atomic mass is 9.93. The zero-order valence-corrected chi connectivity index (χ0v) is 12.5. The molecule has 5 heteroatoms. The van der Waals surface area contributed by atoms with Gasteiger partial charge in [-0.3, -0.25) is 9.59 Å². The molecular formula is C17H19N3O2. The lowest BCUT2D eigenvalue weighted by Gasteiger charge is -2.36. The minimum absolute atomic E-state index is 0.0955. The molecule has 0 saturated carbocycles. The van der Waals surface area contributed by atoms with Gasteiger partial charge in [0, 0.05) is 18.7 Å². The Kier molecular flexibility index (Phi) is 4.95. The first-order valence-corrected chi connectivity index (χ1v) is 7.29. The van der Waals surface area contributed by atoms with Gasteiger partial charge in [-0.25, -0.2) is 0 Å². The molecular weight excluding hydrogens is 278 g/mol. The molecule has 0 aliphatic carbocycles. The maximum atomic E-state index is 12.3. The molecule has 0 radical (unpaired) electrons. The zero-order chi connectivity index (χ0) is 16.1. The van der Waals surface area contributed by atoms with Gasteiger partial charge in [-0.2, -0.15) is 5.26 Å². The summed E-state index contributed by atoms with van der Waals surface area (Å²) in [5.74, 6) is -0.758. The van der Waals surface area contributed by atoms with Crippen LogP contribution in [0, 0.1) is 17.2 Å². The van der Waals surface area contributed by atoms with Crippen molar-refractivity contribution in [3.63, 3.8) is 0 Å². The molecule has 0 aromatic heterocycles. The van der Waals surface area contributed by atoms with E-state index in [0.717, 1.165) is 18.4 Å². The van der Waals surface area contributed by atoms with Crippen molar-refractivity contribution < 1.29 is 9.59 Å². The largest absolute Gasteiger partial charge is 0.369 e. The van der Waals surface area contributed by atoms with E-state index in [4.69, 9.17) is 11.0 Å². The van der Waals surface area contributed by atoms with E-state index in [1.807, 2.05) is 13.0 Å². The van der Waals surface area contributed by atoms with Crippen molar-refractivity contribution in [2.75, 3.05) is 6.54 Å². The highest BCUT2D eigenvalue weighted by Gasteiger charge is 2.30. The lowest BCUT2D eigenvalue weighted by molar-refractivity contribution is -0.133. The summed E-state index contributed by atoms with van der Waals surface area (Å²) in [5.41, 5.74) is 6.69. The van der Waals surface area contributed by atoms with E-state index in [9.17, 15) is 9.59 Å². The molecule has 22 heavy (non-hydrogen) atoms. The summed E-state index contributed by atoms with van der Waals surface area (Å²) in [7, 11) is 0. The maximum Gasteiger partial charge on any atom is 0.246 e. The lowest BCUT2D eigenvalue weighted by Crippen LogP contribution is -2.48. The number of primary amides is 1. The van der Waals surface area contributed by atoms with Gasteiger partial charge >= 0.3 is 0 Å². The fourth-order valence-electron chi connectivity index (χ4n) is 2.62. The predicted octanol–water partition coefficient (Wildman–Crippen LogP) is 1.68. The van der Waals surface area contributed by atoms with Crippen LogP contribution in [0.25, 0.3) is 6.08 Å². The molecule has 0 spiro atoms. The molecule has 0 unspecified atom stereocenters. The molecule has 5 nitrogen and oxygen atoms in total. The summed E-state index contributed by atoms with van der Waals surface area (Å²) in [4.78, 5) is 25.3.